The Balaban J connectivity index is 2.34. The van der Waals surface area contributed by atoms with Crippen LogP contribution in [-0.4, -0.2) is 41.9 Å². The summed E-state index contributed by atoms with van der Waals surface area (Å²) >= 11 is 0. The first-order valence-corrected chi connectivity index (χ1v) is 3.95. The van der Waals surface area contributed by atoms with Gasteiger partial charge in [0.25, 0.3) is 6.43 Å². The molecular formula is C7H12F3NO. The first kappa shape index (κ1) is 9.80. The average molecular weight is 183 g/mol. The van der Waals surface area contributed by atoms with Gasteiger partial charge < -0.3 is 5.11 Å². The molecule has 72 valence electrons. The Morgan fingerprint density at radius 1 is 1.17 bits per heavy atom. The number of aliphatic hydroxyl groups excluding tert-OH is 1. The molecule has 1 atom stereocenters. The molecule has 5 heteroatoms. The minimum atomic E-state index is -2.94. The van der Waals surface area contributed by atoms with Crippen molar-refractivity contribution in [2.45, 2.75) is 31.7 Å². The number of rotatable bonds is 2. The van der Waals surface area contributed by atoms with Crippen molar-refractivity contribution in [3.05, 3.63) is 0 Å². The summed E-state index contributed by atoms with van der Waals surface area (Å²) in [5.74, 6) is 0. The summed E-state index contributed by atoms with van der Waals surface area (Å²) in [6.07, 6.45) is -4.80. The van der Waals surface area contributed by atoms with E-state index in [4.69, 9.17) is 5.11 Å². The summed E-state index contributed by atoms with van der Waals surface area (Å²) in [5, 5.41) is 9.01. The van der Waals surface area contributed by atoms with E-state index in [1.165, 1.54) is 0 Å². The zero-order chi connectivity index (χ0) is 9.14. The van der Waals surface area contributed by atoms with Gasteiger partial charge in [-0.3, -0.25) is 4.90 Å². The average Bonchev–Trinajstić information content (AvgIpc) is 2.04. The van der Waals surface area contributed by atoms with Gasteiger partial charge in [-0.2, -0.15) is 0 Å². The van der Waals surface area contributed by atoms with E-state index in [0.717, 1.165) is 4.90 Å². The number of hydrogen-bond donors (Lipinski definition) is 1. The fraction of sp³-hybridized carbons (Fsp3) is 1.00. The van der Waals surface area contributed by atoms with Crippen molar-refractivity contribution in [1.82, 2.24) is 4.90 Å². The lowest BCUT2D eigenvalue weighted by Gasteiger charge is -2.31. The summed E-state index contributed by atoms with van der Waals surface area (Å²) < 4.78 is 36.3. The molecule has 1 aliphatic rings. The van der Waals surface area contributed by atoms with Gasteiger partial charge in [-0.15, -0.1) is 0 Å². The smallest absolute Gasteiger partial charge is 0.282 e. The fourth-order valence-corrected chi connectivity index (χ4v) is 1.29. The van der Waals surface area contributed by atoms with Gasteiger partial charge in [0.15, 0.2) is 0 Å². The van der Waals surface area contributed by atoms with Crippen LogP contribution in [0.3, 0.4) is 0 Å². The van der Waals surface area contributed by atoms with Gasteiger partial charge >= 0.3 is 0 Å². The van der Waals surface area contributed by atoms with E-state index in [1.54, 1.807) is 0 Å². The Morgan fingerprint density at radius 2 is 1.67 bits per heavy atom. The molecule has 1 aliphatic heterocycles. The second-order valence-electron chi connectivity index (χ2n) is 2.97. The van der Waals surface area contributed by atoms with Crippen LogP contribution in [0.25, 0.3) is 0 Å². The molecule has 0 aromatic rings. The predicted octanol–water partition coefficient (Wildman–Crippen LogP) is 1.00. The minimum Gasteiger partial charge on any atom is -0.393 e. The van der Waals surface area contributed by atoms with Gasteiger partial charge in [0, 0.05) is 13.1 Å². The van der Waals surface area contributed by atoms with Crippen molar-refractivity contribution in [2.24, 2.45) is 0 Å². The highest BCUT2D eigenvalue weighted by Crippen LogP contribution is 2.17. The summed E-state index contributed by atoms with van der Waals surface area (Å²) in [6.45, 7) is 0.430. The quantitative estimate of drug-likeness (QED) is 0.646. The lowest BCUT2D eigenvalue weighted by molar-refractivity contribution is -0.0689. The number of aliphatic hydroxyl groups is 1. The van der Waals surface area contributed by atoms with E-state index in [9.17, 15) is 13.2 Å². The van der Waals surface area contributed by atoms with Crippen molar-refractivity contribution in [1.29, 1.82) is 0 Å². The zero-order valence-corrected chi connectivity index (χ0v) is 6.59. The van der Waals surface area contributed by atoms with Crippen molar-refractivity contribution >= 4 is 0 Å². The number of nitrogens with zero attached hydrogens (tertiary/aromatic N) is 1. The van der Waals surface area contributed by atoms with E-state index in [1.807, 2.05) is 0 Å². The molecule has 0 aromatic carbocycles. The van der Waals surface area contributed by atoms with Crippen molar-refractivity contribution in [2.75, 3.05) is 13.1 Å². The normalized spacial score (nSPS) is 24.8. The third-order valence-corrected chi connectivity index (χ3v) is 2.06. The Labute approximate surface area is 69.0 Å². The Bertz CT molecular complexity index is 137. The van der Waals surface area contributed by atoms with Crippen LogP contribution in [0, 0.1) is 0 Å². The molecule has 1 saturated heterocycles. The molecule has 1 heterocycles. The number of hydrogen-bond acceptors (Lipinski definition) is 2. The molecule has 0 radical (unpaired) electrons. The number of piperidine rings is 1. The molecule has 0 saturated carbocycles. The highest BCUT2D eigenvalue weighted by molar-refractivity contribution is 4.73. The van der Waals surface area contributed by atoms with Crippen LogP contribution in [0.2, 0.25) is 0 Å². The van der Waals surface area contributed by atoms with E-state index in [2.05, 4.69) is 0 Å². The standard InChI is InChI=1S/C7H12F3NO/c8-6(9)7(10)11-3-1-5(12)2-4-11/h5-7,12H,1-4H2. The molecule has 0 aromatic heterocycles. The summed E-state index contributed by atoms with van der Waals surface area (Å²) in [6, 6.07) is 0. The number of alkyl halides is 3. The van der Waals surface area contributed by atoms with Gasteiger partial charge in [0.1, 0.15) is 0 Å². The number of halogens is 3. The summed E-state index contributed by atoms with van der Waals surface area (Å²) in [5.41, 5.74) is 0. The maximum Gasteiger partial charge on any atom is 0.282 e. The second kappa shape index (κ2) is 4.09. The fourth-order valence-electron chi connectivity index (χ4n) is 1.29. The molecule has 2 nitrogen and oxygen atoms in total. The molecule has 0 aliphatic carbocycles. The molecular weight excluding hydrogens is 171 g/mol. The third kappa shape index (κ3) is 2.35. The second-order valence-corrected chi connectivity index (χ2v) is 2.97. The minimum absolute atomic E-state index is 0.215. The maximum absolute atomic E-state index is 12.6. The molecule has 1 rings (SSSR count). The molecule has 0 bridgehead atoms. The monoisotopic (exact) mass is 183 g/mol. The molecule has 1 N–H and O–H groups in total. The van der Waals surface area contributed by atoms with Gasteiger partial charge in [-0.05, 0) is 12.8 Å². The molecule has 1 unspecified atom stereocenters. The molecule has 0 spiro atoms. The van der Waals surface area contributed by atoms with Crippen LogP contribution < -0.4 is 0 Å². The summed E-state index contributed by atoms with van der Waals surface area (Å²) in [7, 11) is 0. The predicted molar refractivity (Wildman–Crippen MR) is 37.7 cm³/mol. The maximum atomic E-state index is 12.6. The van der Waals surface area contributed by atoms with Crippen LogP contribution >= 0.6 is 0 Å². The van der Waals surface area contributed by atoms with Gasteiger partial charge in [0.2, 0.25) is 6.30 Å². The third-order valence-electron chi connectivity index (χ3n) is 2.06. The van der Waals surface area contributed by atoms with Crippen LogP contribution in [-0.2, 0) is 0 Å². The summed E-state index contributed by atoms with van der Waals surface area (Å²) in [4.78, 5) is 1.07. The van der Waals surface area contributed by atoms with Gasteiger partial charge in [-0.25, -0.2) is 13.2 Å². The van der Waals surface area contributed by atoms with Gasteiger partial charge in [0.05, 0.1) is 6.10 Å². The van der Waals surface area contributed by atoms with Crippen molar-refractivity contribution in [3.63, 3.8) is 0 Å². The van der Waals surface area contributed by atoms with E-state index >= 15 is 0 Å². The highest BCUT2D eigenvalue weighted by Gasteiger charge is 2.29. The van der Waals surface area contributed by atoms with Crippen LogP contribution in [0.4, 0.5) is 13.2 Å². The molecule has 1 fully saturated rings. The Morgan fingerprint density at radius 3 is 2.08 bits per heavy atom. The van der Waals surface area contributed by atoms with Crippen LogP contribution in [0.1, 0.15) is 12.8 Å². The highest BCUT2D eigenvalue weighted by atomic mass is 19.3. The topological polar surface area (TPSA) is 23.5 Å². The van der Waals surface area contributed by atoms with Crippen LogP contribution in [0.15, 0.2) is 0 Å². The van der Waals surface area contributed by atoms with E-state index in [-0.39, 0.29) is 13.1 Å². The largest absolute Gasteiger partial charge is 0.393 e. The van der Waals surface area contributed by atoms with Crippen molar-refractivity contribution < 1.29 is 18.3 Å². The van der Waals surface area contributed by atoms with E-state index in [0.29, 0.717) is 12.8 Å². The number of likely N-dealkylation sites (tertiary alicyclic amines) is 1. The van der Waals surface area contributed by atoms with Crippen LogP contribution in [0.5, 0.6) is 0 Å². The Hall–Kier alpha value is -0.290. The Kier molecular flexibility index (Phi) is 3.34. The zero-order valence-electron chi connectivity index (χ0n) is 6.59. The molecule has 0 amide bonds. The van der Waals surface area contributed by atoms with Crippen molar-refractivity contribution in [3.8, 4) is 0 Å². The first-order valence-electron chi connectivity index (χ1n) is 3.95. The van der Waals surface area contributed by atoms with E-state index < -0.39 is 18.8 Å². The van der Waals surface area contributed by atoms with Gasteiger partial charge in [-0.1, -0.05) is 0 Å². The lowest BCUT2D eigenvalue weighted by Crippen LogP contribution is -2.43. The molecule has 12 heavy (non-hydrogen) atoms. The SMILES string of the molecule is OC1CCN(C(F)C(F)F)CC1. The first-order chi connectivity index (χ1) is 5.61. The lowest BCUT2D eigenvalue weighted by atomic mass is 10.1.